The van der Waals surface area contributed by atoms with Crippen LogP contribution in [0.2, 0.25) is 10.0 Å². The van der Waals surface area contributed by atoms with E-state index in [9.17, 15) is 4.79 Å². The van der Waals surface area contributed by atoms with Crippen LogP contribution in [0.3, 0.4) is 0 Å². The van der Waals surface area contributed by atoms with Crippen molar-refractivity contribution in [2.24, 2.45) is 0 Å². The molecule has 1 aromatic heterocycles. The highest BCUT2D eigenvalue weighted by Crippen LogP contribution is 2.46. The molecule has 9 heteroatoms. The number of aryl methyl sites for hydroxylation is 1. The Morgan fingerprint density at radius 1 is 1.61 bits per heavy atom. The average Bonchev–Trinajstić information content (AvgIpc) is 3.01. The number of hydrogen-bond donors (Lipinski definition) is 2. The van der Waals surface area contributed by atoms with Gasteiger partial charge in [-0.1, -0.05) is 23.2 Å². The minimum absolute atomic E-state index is 0.111. The third-order valence-corrected chi connectivity index (χ3v) is 5.59. The quantitative estimate of drug-likeness (QED) is 0.666. The van der Waals surface area contributed by atoms with Crippen molar-refractivity contribution >= 4 is 62.8 Å². The lowest BCUT2D eigenvalue weighted by Crippen LogP contribution is -2.25. The number of hydrogen-bond acceptors (Lipinski definition) is 3. The fourth-order valence-electron chi connectivity index (χ4n) is 2.90. The predicted molar refractivity (Wildman–Crippen MR) is 94.3 cm³/mol. The highest BCUT2D eigenvalue weighted by atomic mass is 127. The molecule has 1 aliphatic rings. The number of halogens is 3. The highest BCUT2D eigenvalue weighted by molar-refractivity contribution is 14.1. The Bertz CT molecular complexity index is 860. The van der Waals surface area contributed by atoms with E-state index in [1.165, 1.54) is 0 Å². The van der Waals surface area contributed by atoms with Crippen molar-refractivity contribution in [3.8, 4) is 11.8 Å². The molecule has 1 aliphatic heterocycles. The fourth-order valence-corrected chi connectivity index (χ4v) is 4.53. The number of nitrogens with zero attached hydrogens (tertiary/aromatic N) is 2. The number of rotatable bonds is 3. The van der Waals surface area contributed by atoms with Gasteiger partial charge in [0, 0.05) is 16.2 Å². The molecule has 2 aromatic rings. The van der Waals surface area contributed by atoms with Gasteiger partial charge in [0.1, 0.15) is 11.8 Å². The first-order chi connectivity index (χ1) is 11.0. The molecule has 1 amide bonds. The zero-order valence-electron chi connectivity index (χ0n) is 11.6. The number of aromatic nitrogens is 1. The Morgan fingerprint density at radius 2 is 2.35 bits per heavy atom. The summed E-state index contributed by atoms with van der Waals surface area (Å²) >= 11 is 14.7. The first-order valence-corrected chi connectivity index (χ1v) is 8.48. The standard InChI is InChI=1S/C14H10Cl2IN3O3/c15-6-5-8(23-4-2-18)9-11(17)12-7(19-14(21)22)1-3-20(12)13(9)10(6)16/h5,7,19H,1,3-4H2,(H,21,22)/t7-/m0/s1. The minimum Gasteiger partial charge on any atom is -0.478 e. The Balaban J connectivity index is 2.25. The molecule has 0 aliphatic carbocycles. The maximum Gasteiger partial charge on any atom is 0.405 e. The Morgan fingerprint density at radius 3 is 3.00 bits per heavy atom. The second-order valence-electron chi connectivity index (χ2n) is 4.98. The van der Waals surface area contributed by atoms with Crippen LogP contribution in [-0.4, -0.2) is 22.4 Å². The molecule has 23 heavy (non-hydrogen) atoms. The Hall–Kier alpha value is -1.37. The maximum atomic E-state index is 11.0. The van der Waals surface area contributed by atoms with Crippen molar-refractivity contribution in [3.63, 3.8) is 0 Å². The van der Waals surface area contributed by atoms with Gasteiger partial charge in [-0.25, -0.2) is 4.79 Å². The molecular formula is C14H10Cl2IN3O3. The van der Waals surface area contributed by atoms with Gasteiger partial charge in [0.15, 0.2) is 6.61 Å². The number of nitrogens with one attached hydrogen (secondary N) is 1. The van der Waals surface area contributed by atoms with E-state index in [1.807, 2.05) is 10.6 Å². The Labute approximate surface area is 155 Å². The molecule has 3 rings (SSSR count). The second-order valence-corrected chi connectivity index (χ2v) is 6.85. The van der Waals surface area contributed by atoms with Crippen LogP contribution in [0.1, 0.15) is 18.2 Å². The molecule has 0 radical (unpaired) electrons. The lowest BCUT2D eigenvalue weighted by molar-refractivity contribution is 0.190. The van der Waals surface area contributed by atoms with E-state index in [0.29, 0.717) is 34.3 Å². The smallest absolute Gasteiger partial charge is 0.405 e. The van der Waals surface area contributed by atoms with Crippen molar-refractivity contribution in [2.75, 3.05) is 6.61 Å². The summed E-state index contributed by atoms with van der Waals surface area (Å²) in [4.78, 5) is 11.0. The van der Waals surface area contributed by atoms with E-state index in [4.69, 9.17) is 38.3 Å². The van der Waals surface area contributed by atoms with Gasteiger partial charge < -0.3 is 19.7 Å². The molecule has 6 nitrogen and oxygen atoms in total. The first kappa shape index (κ1) is 16.5. The summed E-state index contributed by atoms with van der Waals surface area (Å²) in [7, 11) is 0. The van der Waals surface area contributed by atoms with Gasteiger partial charge in [-0.3, -0.25) is 0 Å². The second kappa shape index (κ2) is 6.26. The Kier molecular flexibility index (Phi) is 4.49. The third kappa shape index (κ3) is 2.69. The summed E-state index contributed by atoms with van der Waals surface area (Å²) in [5.74, 6) is 0.469. The van der Waals surface area contributed by atoms with Gasteiger partial charge in [-0.2, -0.15) is 5.26 Å². The van der Waals surface area contributed by atoms with Gasteiger partial charge in [0.05, 0.1) is 32.7 Å². The molecule has 2 N–H and O–H groups in total. The SMILES string of the molecule is N#CCOc1cc(Cl)c(Cl)c2c1c(I)c1n2CC[C@@H]1NC(=O)O. The van der Waals surface area contributed by atoms with E-state index in [2.05, 4.69) is 27.9 Å². The van der Waals surface area contributed by atoms with Crippen LogP contribution in [0.15, 0.2) is 6.07 Å². The van der Waals surface area contributed by atoms with Gasteiger partial charge in [0.2, 0.25) is 0 Å². The van der Waals surface area contributed by atoms with Crippen LogP contribution in [0.4, 0.5) is 4.79 Å². The number of benzene rings is 1. The molecule has 120 valence electrons. The largest absolute Gasteiger partial charge is 0.478 e. The molecule has 0 spiro atoms. The zero-order chi connectivity index (χ0) is 16.7. The molecular weight excluding hydrogens is 456 g/mol. The molecule has 1 aromatic carbocycles. The summed E-state index contributed by atoms with van der Waals surface area (Å²) in [6.07, 6.45) is -0.431. The summed E-state index contributed by atoms with van der Waals surface area (Å²) < 4.78 is 8.29. The van der Waals surface area contributed by atoms with Crippen molar-refractivity contribution in [1.82, 2.24) is 9.88 Å². The van der Waals surface area contributed by atoms with Gasteiger partial charge in [-0.05, 0) is 29.0 Å². The summed E-state index contributed by atoms with van der Waals surface area (Å²) in [6, 6.07) is 3.19. The monoisotopic (exact) mass is 465 g/mol. The van der Waals surface area contributed by atoms with Crippen LogP contribution in [-0.2, 0) is 6.54 Å². The summed E-state index contributed by atoms with van der Waals surface area (Å²) in [6.45, 7) is 0.512. The van der Waals surface area contributed by atoms with E-state index in [-0.39, 0.29) is 12.6 Å². The van der Waals surface area contributed by atoms with E-state index >= 15 is 0 Å². The number of fused-ring (bicyclic) bond motifs is 3. The molecule has 0 fully saturated rings. The van der Waals surface area contributed by atoms with Crippen LogP contribution in [0.25, 0.3) is 10.9 Å². The number of carboxylic acid groups (broad SMARTS) is 1. The number of amides is 1. The minimum atomic E-state index is -1.07. The van der Waals surface area contributed by atoms with E-state index < -0.39 is 6.09 Å². The molecule has 0 saturated carbocycles. The lowest BCUT2D eigenvalue weighted by Gasteiger charge is -2.10. The van der Waals surface area contributed by atoms with Crippen molar-refractivity contribution in [3.05, 3.63) is 25.4 Å². The van der Waals surface area contributed by atoms with Gasteiger partial charge in [0.25, 0.3) is 0 Å². The van der Waals surface area contributed by atoms with Crippen LogP contribution < -0.4 is 10.1 Å². The van der Waals surface area contributed by atoms with E-state index in [0.717, 1.165) is 14.7 Å². The first-order valence-electron chi connectivity index (χ1n) is 6.64. The van der Waals surface area contributed by atoms with E-state index in [1.54, 1.807) is 6.07 Å². The van der Waals surface area contributed by atoms with Gasteiger partial charge >= 0.3 is 6.09 Å². The fraction of sp³-hybridized carbons (Fsp3) is 0.286. The van der Waals surface area contributed by atoms with Crippen molar-refractivity contribution in [1.29, 1.82) is 5.26 Å². The third-order valence-electron chi connectivity index (χ3n) is 3.73. The highest BCUT2D eigenvalue weighted by Gasteiger charge is 2.32. The van der Waals surface area contributed by atoms with Gasteiger partial charge in [-0.15, -0.1) is 0 Å². The lowest BCUT2D eigenvalue weighted by atomic mass is 10.1. The summed E-state index contributed by atoms with van der Waals surface area (Å²) in [5, 5.41) is 21.7. The zero-order valence-corrected chi connectivity index (χ0v) is 15.2. The number of ether oxygens (including phenoxy) is 1. The van der Waals surface area contributed by atoms with Crippen LogP contribution >= 0.6 is 45.8 Å². The number of nitriles is 1. The normalized spacial score (nSPS) is 16.2. The predicted octanol–water partition coefficient (Wildman–Crippen LogP) is 4.17. The number of carbonyl (C=O) groups is 1. The summed E-state index contributed by atoms with van der Waals surface area (Å²) in [5.41, 5.74) is 1.55. The average molecular weight is 466 g/mol. The molecule has 0 unspecified atom stereocenters. The van der Waals surface area contributed by atoms with Crippen LogP contribution in [0, 0.1) is 14.9 Å². The van der Waals surface area contributed by atoms with Crippen molar-refractivity contribution < 1.29 is 14.6 Å². The topological polar surface area (TPSA) is 87.3 Å². The van der Waals surface area contributed by atoms with Crippen LogP contribution in [0.5, 0.6) is 5.75 Å². The molecule has 0 bridgehead atoms. The molecule has 0 saturated heterocycles. The maximum absolute atomic E-state index is 11.0. The van der Waals surface area contributed by atoms with Crippen molar-refractivity contribution in [2.45, 2.75) is 19.0 Å². The molecule has 2 heterocycles. The molecule has 1 atom stereocenters.